The molecule has 2 aliphatic heterocycles. The number of nitrogens with two attached hydrogens (primary N) is 1. The Bertz CT molecular complexity index is 1620. The van der Waals surface area contributed by atoms with Crippen LogP contribution in [0, 0.1) is 0 Å². The first kappa shape index (κ1) is 28.0. The number of amides is 3. The van der Waals surface area contributed by atoms with Gasteiger partial charge < -0.3 is 36.0 Å². The lowest BCUT2D eigenvalue weighted by Gasteiger charge is -2.34. The molecule has 4 atom stereocenters. The van der Waals surface area contributed by atoms with Gasteiger partial charge in [0.05, 0.1) is 23.2 Å². The Morgan fingerprint density at radius 1 is 1.02 bits per heavy atom. The number of nitrogens with one attached hydrogen (secondary N) is 4. The number of para-hydroxylation sites is 3. The van der Waals surface area contributed by atoms with Gasteiger partial charge in [-0.3, -0.25) is 9.36 Å². The molecule has 42 heavy (non-hydrogen) atoms. The maximum absolute atomic E-state index is 13.6. The molecular formula is C31H39N7O4. The number of urea groups is 1. The first-order valence-electron chi connectivity index (χ1n) is 14.9. The minimum Gasteiger partial charge on any atom is -0.372 e. The van der Waals surface area contributed by atoms with Crippen LogP contribution < -0.4 is 22.1 Å². The number of aromatic nitrogens is 3. The number of likely N-dealkylation sites (tertiary alicyclic amines) is 1. The van der Waals surface area contributed by atoms with E-state index >= 15 is 0 Å². The Morgan fingerprint density at radius 3 is 2.50 bits per heavy atom. The fourth-order valence-electron chi connectivity index (χ4n) is 6.48. The molecule has 2 aromatic carbocycles. The fourth-order valence-corrected chi connectivity index (χ4v) is 6.48. The SMILES string of the molecule is C[C@@H](c1c[nH]c2ccccc12)[C@@H](NC(=O)N1CCC(n2c(=O)[nH]c3ccccc32)CC1)C(=O)NCC1CCC(CN)O1. The Balaban J connectivity index is 1.15. The van der Waals surface area contributed by atoms with E-state index in [-0.39, 0.29) is 41.8 Å². The maximum Gasteiger partial charge on any atom is 0.326 e. The highest BCUT2D eigenvalue weighted by molar-refractivity contribution is 5.90. The van der Waals surface area contributed by atoms with Crippen LogP contribution in [0.3, 0.4) is 0 Å². The maximum atomic E-state index is 13.6. The number of carbonyl (C=O) groups excluding carboxylic acids is 2. The van der Waals surface area contributed by atoms with Crippen LogP contribution >= 0.6 is 0 Å². The Morgan fingerprint density at radius 2 is 1.74 bits per heavy atom. The van der Waals surface area contributed by atoms with Gasteiger partial charge in [-0.1, -0.05) is 37.3 Å². The highest BCUT2D eigenvalue weighted by Crippen LogP contribution is 2.29. The zero-order valence-corrected chi connectivity index (χ0v) is 23.8. The predicted octanol–water partition coefficient (Wildman–Crippen LogP) is 2.95. The van der Waals surface area contributed by atoms with Crippen LogP contribution in [0.1, 0.15) is 50.1 Å². The van der Waals surface area contributed by atoms with E-state index in [1.807, 2.05) is 61.7 Å². The molecule has 0 spiro atoms. The molecule has 0 saturated carbocycles. The zero-order chi connectivity index (χ0) is 29.2. The zero-order valence-electron chi connectivity index (χ0n) is 23.8. The van der Waals surface area contributed by atoms with Gasteiger partial charge in [0.1, 0.15) is 6.04 Å². The average Bonchev–Trinajstić information content (AvgIpc) is 3.74. The van der Waals surface area contributed by atoms with Gasteiger partial charge in [0.2, 0.25) is 5.91 Å². The number of rotatable bonds is 8. The van der Waals surface area contributed by atoms with Gasteiger partial charge in [-0.05, 0) is 49.4 Å². The van der Waals surface area contributed by atoms with Crippen molar-refractivity contribution in [3.05, 3.63) is 70.8 Å². The quantitative estimate of drug-likeness (QED) is 0.220. The minimum atomic E-state index is -0.794. The predicted molar refractivity (Wildman–Crippen MR) is 161 cm³/mol. The van der Waals surface area contributed by atoms with Crippen LogP contribution in [0.15, 0.2) is 59.5 Å². The second kappa shape index (κ2) is 12.0. The molecule has 2 aromatic heterocycles. The van der Waals surface area contributed by atoms with E-state index in [9.17, 15) is 14.4 Å². The minimum absolute atomic E-state index is 0.00861. The van der Waals surface area contributed by atoms with Crippen molar-refractivity contribution >= 4 is 33.9 Å². The first-order valence-corrected chi connectivity index (χ1v) is 14.9. The molecule has 0 bridgehead atoms. The number of H-pyrrole nitrogens is 2. The van der Waals surface area contributed by atoms with Crippen molar-refractivity contribution in [3.63, 3.8) is 0 Å². The van der Waals surface area contributed by atoms with E-state index in [1.54, 1.807) is 9.47 Å². The van der Waals surface area contributed by atoms with Crippen LogP contribution in [-0.2, 0) is 9.53 Å². The molecule has 222 valence electrons. The third kappa shape index (κ3) is 5.54. The van der Waals surface area contributed by atoms with Gasteiger partial charge in [0.15, 0.2) is 0 Å². The molecule has 6 rings (SSSR count). The second-order valence-corrected chi connectivity index (χ2v) is 11.5. The summed E-state index contributed by atoms with van der Waals surface area (Å²) >= 11 is 0. The number of hydrogen-bond donors (Lipinski definition) is 5. The topological polar surface area (TPSA) is 150 Å². The number of aromatic amines is 2. The van der Waals surface area contributed by atoms with Gasteiger partial charge in [-0.2, -0.15) is 0 Å². The van der Waals surface area contributed by atoms with Crippen LogP contribution in [0.4, 0.5) is 4.79 Å². The van der Waals surface area contributed by atoms with E-state index in [0.29, 0.717) is 39.0 Å². The fraction of sp³-hybridized carbons (Fsp3) is 0.452. The number of nitrogens with zero attached hydrogens (tertiary/aromatic N) is 2. The molecule has 2 fully saturated rings. The summed E-state index contributed by atoms with van der Waals surface area (Å²) in [6, 6.07) is 14.5. The Hall–Kier alpha value is -4.09. The monoisotopic (exact) mass is 573 g/mol. The summed E-state index contributed by atoms with van der Waals surface area (Å²) in [5, 5.41) is 7.10. The first-order chi connectivity index (χ1) is 20.4. The highest BCUT2D eigenvalue weighted by Gasteiger charge is 2.34. The van der Waals surface area contributed by atoms with Crippen molar-refractivity contribution in [2.75, 3.05) is 26.2 Å². The van der Waals surface area contributed by atoms with Gasteiger partial charge in [-0.15, -0.1) is 0 Å². The van der Waals surface area contributed by atoms with Crippen molar-refractivity contribution < 1.29 is 14.3 Å². The third-order valence-corrected chi connectivity index (χ3v) is 8.88. The van der Waals surface area contributed by atoms with Crippen molar-refractivity contribution in [1.82, 2.24) is 30.1 Å². The number of hydrogen-bond acceptors (Lipinski definition) is 5. The lowest BCUT2D eigenvalue weighted by Crippen LogP contribution is -2.55. The number of fused-ring (bicyclic) bond motifs is 2. The molecular weight excluding hydrogens is 534 g/mol. The summed E-state index contributed by atoms with van der Waals surface area (Å²) in [5.41, 5.74) is 9.24. The number of carbonyl (C=O) groups is 2. The van der Waals surface area contributed by atoms with E-state index in [0.717, 1.165) is 40.3 Å². The van der Waals surface area contributed by atoms with E-state index in [2.05, 4.69) is 20.6 Å². The van der Waals surface area contributed by atoms with Crippen LogP contribution in [0.25, 0.3) is 21.9 Å². The summed E-state index contributed by atoms with van der Waals surface area (Å²) in [6.07, 6.45) is 4.86. The van der Waals surface area contributed by atoms with Crippen molar-refractivity contribution in [1.29, 1.82) is 0 Å². The molecule has 0 radical (unpaired) electrons. The molecule has 2 unspecified atom stereocenters. The van der Waals surface area contributed by atoms with Gasteiger partial charge in [-0.25, -0.2) is 9.59 Å². The molecule has 11 nitrogen and oxygen atoms in total. The lowest BCUT2D eigenvalue weighted by molar-refractivity contribution is -0.124. The van der Waals surface area contributed by atoms with Crippen LogP contribution in [-0.4, -0.2) is 75.8 Å². The normalized spacial score (nSPS) is 21.0. The number of imidazole rings is 1. The average molecular weight is 574 g/mol. The lowest BCUT2D eigenvalue weighted by atomic mass is 9.92. The molecule has 11 heteroatoms. The molecule has 6 N–H and O–H groups in total. The third-order valence-electron chi connectivity index (χ3n) is 8.88. The van der Waals surface area contributed by atoms with Gasteiger partial charge in [0.25, 0.3) is 0 Å². The standard InChI is InChI=1S/C31H39N7O4/c1-19(24-18-33-25-7-3-2-6-23(24)25)28(29(39)34-17-22-11-10-21(16-32)42-22)36-30(40)37-14-12-20(13-15-37)38-27-9-5-4-8-26(27)35-31(38)41/h2-9,18-22,28,33H,10-17,32H2,1H3,(H,34,39)(H,35,41)(H,36,40)/t19-,21?,22?,28+/m0/s1. The molecule has 4 heterocycles. The number of ether oxygens (including phenoxy) is 1. The largest absolute Gasteiger partial charge is 0.372 e. The van der Waals surface area contributed by atoms with Gasteiger partial charge in [0, 0.05) is 55.2 Å². The Kier molecular flexibility index (Phi) is 8.03. The summed E-state index contributed by atoms with van der Waals surface area (Å²) in [5.74, 6) is -0.546. The summed E-state index contributed by atoms with van der Waals surface area (Å²) in [4.78, 5) is 47.9. The smallest absolute Gasteiger partial charge is 0.326 e. The molecule has 0 aliphatic carbocycles. The highest BCUT2D eigenvalue weighted by atomic mass is 16.5. The van der Waals surface area contributed by atoms with Crippen molar-refractivity contribution in [3.8, 4) is 0 Å². The Labute approximate surface area is 243 Å². The van der Waals surface area contributed by atoms with E-state index in [4.69, 9.17) is 10.5 Å². The molecule has 2 aliphatic rings. The van der Waals surface area contributed by atoms with E-state index < -0.39 is 6.04 Å². The molecule has 3 amide bonds. The number of piperidine rings is 1. The van der Waals surface area contributed by atoms with Gasteiger partial charge >= 0.3 is 11.7 Å². The van der Waals surface area contributed by atoms with Crippen molar-refractivity contribution in [2.45, 2.75) is 62.8 Å². The van der Waals surface area contributed by atoms with E-state index in [1.165, 1.54) is 0 Å². The van der Waals surface area contributed by atoms with Crippen LogP contribution in [0.5, 0.6) is 0 Å². The molecule has 4 aromatic rings. The van der Waals surface area contributed by atoms with Crippen molar-refractivity contribution in [2.24, 2.45) is 5.73 Å². The molecule has 2 saturated heterocycles. The summed E-state index contributed by atoms with van der Waals surface area (Å²) in [7, 11) is 0. The number of benzene rings is 2. The summed E-state index contributed by atoms with van der Waals surface area (Å²) in [6.45, 7) is 3.76. The van der Waals surface area contributed by atoms with Crippen LogP contribution in [0.2, 0.25) is 0 Å². The second-order valence-electron chi connectivity index (χ2n) is 11.5. The summed E-state index contributed by atoms with van der Waals surface area (Å²) < 4.78 is 7.72.